The van der Waals surface area contributed by atoms with Gasteiger partial charge in [-0.15, -0.1) is 0 Å². The number of nitrogens with one attached hydrogen (secondary N) is 1. The Labute approximate surface area is 82.8 Å². The molecule has 0 rings (SSSR count). The van der Waals surface area contributed by atoms with Crippen LogP contribution < -0.4 is 5.32 Å². The second-order valence-electron chi connectivity index (χ2n) is 2.49. The Morgan fingerprint density at radius 2 is 2.00 bits per heavy atom. The third kappa shape index (κ3) is 10.8. The summed E-state index contributed by atoms with van der Waals surface area (Å²) in [5, 5.41) is 4.56. The molecule has 0 bridgehead atoms. The molecule has 68 valence electrons. The highest BCUT2D eigenvalue weighted by Crippen LogP contribution is 1.96. The smallest absolute Gasteiger partial charge is 0.00553 e. The van der Waals surface area contributed by atoms with Crippen LogP contribution in [0, 0.1) is 0 Å². The van der Waals surface area contributed by atoms with Crippen LogP contribution in [0.1, 0.15) is 19.3 Å². The summed E-state index contributed by atoms with van der Waals surface area (Å²) in [7, 11) is 0. The fraction of sp³-hybridized carbons (Fsp3) is 1.00. The molecule has 0 aliphatic rings. The van der Waals surface area contributed by atoms with Gasteiger partial charge in [-0.2, -0.15) is 11.8 Å². The van der Waals surface area contributed by atoms with E-state index >= 15 is 0 Å². The lowest BCUT2D eigenvalue weighted by Crippen LogP contribution is -2.18. The number of alkyl halides is 1. The van der Waals surface area contributed by atoms with Gasteiger partial charge in [0.05, 0.1) is 0 Å². The molecule has 0 amide bonds. The minimum absolute atomic E-state index is 1.15. The van der Waals surface area contributed by atoms with Gasteiger partial charge < -0.3 is 5.32 Å². The van der Waals surface area contributed by atoms with E-state index in [1.165, 1.54) is 31.6 Å². The average Bonchev–Trinajstić information content (AvgIpc) is 2.03. The van der Waals surface area contributed by atoms with Gasteiger partial charge in [0.25, 0.3) is 0 Å². The molecule has 0 unspecified atom stereocenters. The van der Waals surface area contributed by atoms with Gasteiger partial charge in [-0.25, -0.2) is 0 Å². The lowest BCUT2D eigenvalue weighted by atomic mass is 10.2. The quantitative estimate of drug-likeness (QED) is 0.517. The van der Waals surface area contributed by atoms with Gasteiger partial charge in [0.15, 0.2) is 0 Å². The van der Waals surface area contributed by atoms with Crippen LogP contribution in [0.2, 0.25) is 0 Å². The summed E-state index contributed by atoms with van der Waals surface area (Å²) in [6.45, 7) is 2.35. The van der Waals surface area contributed by atoms with E-state index in [9.17, 15) is 0 Å². The van der Waals surface area contributed by atoms with Gasteiger partial charge in [0, 0.05) is 17.6 Å². The van der Waals surface area contributed by atoms with Crippen molar-refractivity contribution in [3.63, 3.8) is 0 Å². The topological polar surface area (TPSA) is 12.0 Å². The van der Waals surface area contributed by atoms with Gasteiger partial charge >= 0.3 is 0 Å². The average molecular weight is 240 g/mol. The fourth-order valence-corrected chi connectivity index (χ4v) is 1.57. The zero-order chi connectivity index (χ0) is 8.36. The summed E-state index contributed by atoms with van der Waals surface area (Å²) in [6, 6.07) is 0. The highest BCUT2D eigenvalue weighted by Gasteiger charge is 1.87. The van der Waals surface area contributed by atoms with E-state index in [4.69, 9.17) is 0 Å². The van der Waals surface area contributed by atoms with Crippen LogP contribution in [-0.2, 0) is 0 Å². The van der Waals surface area contributed by atoms with Crippen molar-refractivity contribution in [2.24, 2.45) is 0 Å². The SMILES string of the molecule is CSCCNCCCCCBr. The third-order valence-electron chi connectivity index (χ3n) is 1.47. The molecule has 11 heavy (non-hydrogen) atoms. The molecular weight excluding hydrogens is 222 g/mol. The molecule has 1 nitrogen and oxygen atoms in total. The summed E-state index contributed by atoms with van der Waals surface area (Å²) >= 11 is 5.32. The van der Waals surface area contributed by atoms with Crippen molar-refractivity contribution in [1.82, 2.24) is 5.32 Å². The zero-order valence-electron chi connectivity index (χ0n) is 7.24. The summed E-state index contributed by atoms with van der Waals surface area (Å²) in [5.74, 6) is 1.23. The molecule has 0 radical (unpaired) electrons. The number of halogens is 1. The van der Waals surface area contributed by atoms with Gasteiger partial charge in [0.1, 0.15) is 0 Å². The number of unbranched alkanes of at least 4 members (excludes halogenated alkanes) is 2. The van der Waals surface area contributed by atoms with E-state index in [0.29, 0.717) is 0 Å². The van der Waals surface area contributed by atoms with Gasteiger partial charge in [-0.3, -0.25) is 0 Å². The van der Waals surface area contributed by atoms with Crippen molar-refractivity contribution in [3.05, 3.63) is 0 Å². The first-order valence-corrected chi connectivity index (χ1v) is 6.69. The van der Waals surface area contributed by atoms with E-state index in [1.54, 1.807) is 0 Å². The molecule has 0 spiro atoms. The lowest BCUT2D eigenvalue weighted by Gasteiger charge is -2.01. The Hall–Kier alpha value is 0.790. The number of thioether (sulfide) groups is 1. The van der Waals surface area contributed by atoms with Crippen LogP contribution in [0.3, 0.4) is 0 Å². The highest BCUT2D eigenvalue weighted by molar-refractivity contribution is 9.09. The Bertz CT molecular complexity index is 63.1. The van der Waals surface area contributed by atoms with Crippen molar-refractivity contribution in [2.75, 3.05) is 30.4 Å². The Morgan fingerprint density at radius 3 is 2.64 bits per heavy atom. The predicted octanol–water partition coefficient (Wildman–Crippen LogP) is 2.50. The van der Waals surface area contributed by atoms with E-state index in [2.05, 4.69) is 27.5 Å². The van der Waals surface area contributed by atoms with Crippen molar-refractivity contribution in [1.29, 1.82) is 0 Å². The molecule has 0 aromatic heterocycles. The summed E-state index contributed by atoms with van der Waals surface area (Å²) in [4.78, 5) is 0. The van der Waals surface area contributed by atoms with Crippen LogP contribution in [0.4, 0.5) is 0 Å². The molecule has 3 heteroatoms. The molecule has 0 aromatic rings. The van der Waals surface area contributed by atoms with E-state index in [1.807, 2.05) is 11.8 Å². The maximum Gasteiger partial charge on any atom is 0.00553 e. The summed E-state index contributed by atoms with van der Waals surface area (Å²) in [5.41, 5.74) is 0. The first kappa shape index (κ1) is 11.8. The van der Waals surface area contributed by atoms with Crippen molar-refractivity contribution in [3.8, 4) is 0 Å². The van der Waals surface area contributed by atoms with E-state index in [-0.39, 0.29) is 0 Å². The predicted molar refractivity (Wildman–Crippen MR) is 58.9 cm³/mol. The van der Waals surface area contributed by atoms with Crippen LogP contribution in [0.5, 0.6) is 0 Å². The van der Waals surface area contributed by atoms with Crippen molar-refractivity contribution < 1.29 is 0 Å². The second kappa shape index (κ2) is 10.8. The Kier molecular flexibility index (Phi) is 11.6. The first-order valence-electron chi connectivity index (χ1n) is 4.17. The van der Waals surface area contributed by atoms with Crippen LogP contribution in [0.25, 0.3) is 0 Å². The lowest BCUT2D eigenvalue weighted by molar-refractivity contribution is 0.639. The van der Waals surface area contributed by atoms with Crippen LogP contribution in [-0.4, -0.2) is 30.4 Å². The van der Waals surface area contributed by atoms with Gasteiger partial charge in [0.2, 0.25) is 0 Å². The molecule has 0 aliphatic carbocycles. The molecule has 0 aromatic carbocycles. The second-order valence-corrected chi connectivity index (χ2v) is 4.27. The largest absolute Gasteiger partial charge is 0.316 e. The van der Waals surface area contributed by atoms with E-state index in [0.717, 1.165) is 11.9 Å². The molecule has 0 aliphatic heterocycles. The van der Waals surface area contributed by atoms with Crippen LogP contribution >= 0.6 is 27.7 Å². The maximum atomic E-state index is 3.42. The molecule has 1 N–H and O–H groups in total. The minimum atomic E-state index is 1.15. The van der Waals surface area contributed by atoms with Gasteiger partial charge in [-0.05, 0) is 25.6 Å². The maximum absolute atomic E-state index is 3.42. The summed E-state index contributed by atoms with van der Waals surface area (Å²) in [6.07, 6.45) is 6.12. The molecule has 0 heterocycles. The molecule has 0 fully saturated rings. The summed E-state index contributed by atoms with van der Waals surface area (Å²) < 4.78 is 0. The third-order valence-corrected chi connectivity index (χ3v) is 2.64. The first-order chi connectivity index (χ1) is 5.41. The number of hydrogen-bond acceptors (Lipinski definition) is 2. The molecule has 0 atom stereocenters. The normalized spacial score (nSPS) is 10.4. The Balaban J connectivity index is 2.69. The van der Waals surface area contributed by atoms with Gasteiger partial charge in [-0.1, -0.05) is 22.4 Å². The number of hydrogen-bond donors (Lipinski definition) is 1. The highest BCUT2D eigenvalue weighted by atomic mass is 79.9. The van der Waals surface area contributed by atoms with E-state index < -0.39 is 0 Å². The van der Waals surface area contributed by atoms with Crippen molar-refractivity contribution in [2.45, 2.75) is 19.3 Å². The minimum Gasteiger partial charge on any atom is -0.316 e. The standard InChI is InChI=1S/C8H18BrNS/c1-11-8-7-10-6-4-2-3-5-9/h10H,2-8H2,1H3. The van der Waals surface area contributed by atoms with Crippen LogP contribution in [0.15, 0.2) is 0 Å². The molecule has 0 saturated heterocycles. The molecular formula is C8H18BrNS. The number of rotatable bonds is 8. The molecule has 0 saturated carbocycles. The Morgan fingerprint density at radius 1 is 1.18 bits per heavy atom. The fourth-order valence-electron chi connectivity index (χ4n) is 0.820. The monoisotopic (exact) mass is 239 g/mol. The zero-order valence-corrected chi connectivity index (χ0v) is 9.64. The van der Waals surface area contributed by atoms with Crippen molar-refractivity contribution >= 4 is 27.7 Å².